The van der Waals surface area contributed by atoms with E-state index in [4.69, 9.17) is 18.9 Å². The topological polar surface area (TPSA) is 66.0 Å². The Bertz CT molecular complexity index is 1100. The van der Waals surface area contributed by atoms with Crippen LogP contribution in [0.25, 0.3) is 0 Å². The molecule has 10 heteroatoms. The van der Waals surface area contributed by atoms with Crippen LogP contribution in [0.5, 0.6) is 5.75 Å². The molecule has 0 saturated carbocycles. The van der Waals surface area contributed by atoms with Crippen LogP contribution in [-0.4, -0.2) is 42.8 Å². The predicted octanol–water partition coefficient (Wildman–Crippen LogP) is 6.84. The minimum atomic E-state index is -4.62. The summed E-state index contributed by atoms with van der Waals surface area (Å²) in [5.41, 5.74) is -1.27. The van der Waals surface area contributed by atoms with Gasteiger partial charge in [0.2, 0.25) is 0 Å². The first kappa shape index (κ1) is 30.7. The number of alkyl halides is 3. The predicted molar refractivity (Wildman–Crippen MR) is 138 cm³/mol. The normalized spacial score (nSPS) is 16.9. The van der Waals surface area contributed by atoms with E-state index < -0.39 is 34.8 Å². The Kier molecular flexibility index (Phi) is 9.54. The molecule has 0 radical (unpaired) electrons. The van der Waals surface area contributed by atoms with Crippen molar-refractivity contribution in [2.75, 3.05) is 19.8 Å². The molecule has 0 aromatic heterocycles. The van der Waals surface area contributed by atoms with E-state index in [0.717, 1.165) is 11.6 Å². The fourth-order valence-corrected chi connectivity index (χ4v) is 4.08. The molecule has 1 N–H and O–H groups in total. The minimum Gasteiger partial charge on any atom is -0.493 e. The number of hydrogen-bond acceptors (Lipinski definition) is 5. The number of amides is 1. The van der Waals surface area contributed by atoms with Crippen molar-refractivity contribution in [3.63, 3.8) is 0 Å². The summed E-state index contributed by atoms with van der Waals surface area (Å²) < 4.78 is 77.2. The summed E-state index contributed by atoms with van der Waals surface area (Å²) in [7, 11) is 0. The van der Waals surface area contributed by atoms with Crippen LogP contribution in [0.3, 0.4) is 0 Å². The smallest absolute Gasteiger partial charge is 0.419 e. The molecule has 0 bridgehead atoms. The standard InChI is InChI=1S/C29H37F4NO5/c1-26(2,3)39-25(35)34-28(18-37-27(4,5)38-19-28)15-14-21-10-13-24(23(17-21)29(31,32)33)36-16-6-7-20-8-11-22(30)12-9-20/h8-13,17H,6-7,14-16,18-19H2,1-5H3,(H,34,35). The Morgan fingerprint density at radius 1 is 0.974 bits per heavy atom. The van der Waals surface area contributed by atoms with Crippen molar-refractivity contribution in [1.82, 2.24) is 5.32 Å². The molecule has 2 aromatic rings. The van der Waals surface area contributed by atoms with Gasteiger partial charge in [0.15, 0.2) is 5.79 Å². The summed E-state index contributed by atoms with van der Waals surface area (Å²) in [6, 6.07) is 9.94. The maximum absolute atomic E-state index is 13.9. The van der Waals surface area contributed by atoms with Crippen LogP contribution in [0.4, 0.5) is 22.4 Å². The molecular formula is C29H37F4NO5. The molecule has 6 nitrogen and oxygen atoms in total. The third-order valence-corrected chi connectivity index (χ3v) is 6.18. The molecule has 216 valence electrons. The number of alkyl carbamates (subject to hydrolysis) is 1. The molecule has 39 heavy (non-hydrogen) atoms. The molecule has 1 heterocycles. The minimum absolute atomic E-state index is 0.0766. The lowest BCUT2D eigenvalue weighted by atomic mass is 9.91. The summed E-state index contributed by atoms with van der Waals surface area (Å²) >= 11 is 0. The van der Waals surface area contributed by atoms with Gasteiger partial charge in [-0.2, -0.15) is 13.2 Å². The highest BCUT2D eigenvalue weighted by atomic mass is 19.4. The fourth-order valence-electron chi connectivity index (χ4n) is 4.08. The van der Waals surface area contributed by atoms with Gasteiger partial charge in [0.1, 0.15) is 17.2 Å². The molecule has 0 aliphatic carbocycles. The Hall–Kier alpha value is -2.85. The van der Waals surface area contributed by atoms with Crippen LogP contribution in [-0.2, 0) is 33.2 Å². The number of benzene rings is 2. The molecule has 1 saturated heterocycles. The van der Waals surface area contributed by atoms with Gasteiger partial charge in [-0.1, -0.05) is 18.2 Å². The highest BCUT2D eigenvalue weighted by molar-refractivity contribution is 5.69. The average molecular weight is 556 g/mol. The summed E-state index contributed by atoms with van der Waals surface area (Å²) in [5, 5.41) is 2.83. The van der Waals surface area contributed by atoms with E-state index in [9.17, 15) is 22.4 Å². The lowest BCUT2D eigenvalue weighted by molar-refractivity contribution is -0.271. The van der Waals surface area contributed by atoms with Crippen molar-refractivity contribution in [1.29, 1.82) is 0 Å². The van der Waals surface area contributed by atoms with Crippen molar-refractivity contribution in [2.45, 2.75) is 83.4 Å². The van der Waals surface area contributed by atoms with Crippen molar-refractivity contribution in [3.8, 4) is 5.75 Å². The maximum Gasteiger partial charge on any atom is 0.419 e. The van der Waals surface area contributed by atoms with E-state index in [-0.39, 0.29) is 44.2 Å². The number of aryl methyl sites for hydroxylation is 2. The molecule has 1 amide bonds. The summed E-state index contributed by atoms with van der Waals surface area (Å²) in [5.74, 6) is -1.44. The van der Waals surface area contributed by atoms with Gasteiger partial charge in [0.05, 0.1) is 30.9 Å². The molecular weight excluding hydrogens is 518 g/mol. The van der Waals surface area contributed by atoms with Crippen LogP contribution in [0.15, 0.2) is 42.5 Å². The van der Waals surface area contributed by atoms with Gasteiger partial charge >= 0.3 is 12.3 Å². The molecule has 1 aliphatic rings. The fraction of sp³-hybridized carbons (Fsp3) is 0.552. The second-order valence-corrected chi connectivity index (χ2v) is 11.3. The van der Waals surface area contributed by atoms with Crippen molar-refractivity contribution < 1.29 is 41.3 Å². The van der Waals surface area contributed by atoms with E-state index in [1.165, 1.54) is 18.2 Å². The number of ether oxygens (including phenoxy) is 4. The zero-order valence-electron chi connectivity index (χ0n) is 23.0. The average Bonchev–Trinajstić information content (AvgIpc) is 2.82. The molecule has 2 aromatic carbocycles. The maximum atomic E-state index is 13.9. The number of carbonyl (C=O) groups is 1. The third kappa shape index (κ3) is 9.69. The Morgan fingerprint density at radius 3 is 2.18 bits per heavy atom. The molecule has 3 rings (SSSR count). The second kappa shape index (κ2) is 12.1. The molecule has 1 fully saturated rings. The second-order valence-electron chi connectivity index (χ2n) is 11.3. The van der Waals surface area contributed by atoms with Crippen molar-refractivity contribution in [3.05, 3.63) is 65.0 Å². The van der Waals surface area contributed by atoms with E-state index in [1.54, 1.807) is 52.8 Å². The number of halogens is 4. The first-order chi connectivity index (χ1) is 18.1. The van der Waals surface area contributed by atoms with Gasteiger partial charge in [-0.25, -0.2) is 9.18 Å². The highest BCUT2D eigenvalue weighted by Crippen LogP contribution is 2.38. The van der Waals surface area contributed by atoms with Gasteiger partial charge in [-0.05, 0) is 95.7 Å². The Morgan fingerprint density at radius 2 is 1.59 bits per heavy atom. The van der Waals surface area contributed by atoms with Crippen LogP contribution >= 0.6 is 0 Å². The number of carbonyl (C=O) groups excluding carboxylic acids is 1. The summed E-state index contributed by atoms with van der Waals surface area (Å²) in [6.07, 6.45) is -3.77. The van der Waals surface area contributed by atoms with E-state index in [2.05, 4.69) is 5.32 Å². The Labute approximate surface area is 227 Å². The quantitative estimate of drug-likeness (QED) is 0.271. The zero-order valence-corrected chi connectivity index (χ0v) is 23.0. The van der Waals surface area contributed by atoms with Crippen molar-refractivity contribution in [2.24, 2.45) is 0 Å². The third-order valence-electron chi connectivity index (χ3n) is 6.18. The van der Waals surface area contributed by atoms with Gasteiger partial charge < -0.3 is 24.3 Å². The molecule has 1 aliphatic heterocycles. The zero-order chi connectivity index (χ0) is 28.9. The van der Waals surface area contributed by atoms with Gasteiger partial charge in [-0.3, -0.25) is 0 Å². The van der Waals surface area contributed by atoms with Crippen LogP contribution in [0, 0.1) is 5.82 Å². The van der Waals surface area contributed by atoms with Crippen LogP contribution in [0.2, 0.25) is 0 Å². The van der Waals surface area contributed by atoms with Gasteiger partial charge in [0.25, 0.3) is 0 Å². The first-order valence-corrected chi connectivity index (χ1v) is 12.9. The number of rotatable bonds is 9. The molecule has 0 unspecified atom stereocenters. The molecule has 0 spiro atoms. The first-order valence-electron chi connectivity index (χ1n) is 12.9. The van der Waals surface area contributed by atoms with Gasteiger partial charge in [-0.15, -0.1) is 0 Å². The largest absolute Gasteiger partial charge is 0.493 e. The van der Waals surface area contributed by atoms with Crippen LogP contribution < -0.4 is 10.1 Å². The summed E-state index contributed by atoms with van der Waals surface area (Å²) in [4.78, 5) is 12.5. The SMILES string of the molecule is CC(C)(C)OC(=O)NC1(CCc2ccc(OCCCc3ccc(F)cc3)c(C(F)(F)F)c2)COC(C)(C)OC1. The highest BCUT2D eigenvalue weighted by Gasteiger charge is 2.42. The number of hydrogen-bond donors (Lipinski definition) is 1. The lowest BCUT2D eigenvalue weighted by Gasteiger charge is -2.44. The Balaban J connectivity index is 1.68. The van der Waals surface area contributed by atoms with E-state index in [0.29, 0.717) is 18.4 Å². The van der Waals surface area contributed by atoms with Crippen LogP contribution in [0.1, 0.15) is 64.2 Å². The van der Waals surface area contributed by atoms with Crippen molar-refractivity contribution >= 4 is 6.09 Å². The molecule has 0 atom stereocenters. The monoisotopic (exact) mass is 555 g/mol. The summed E-state index contributed by atoms with van der Waals surface area (Å²) in [6.45, 7) is 9.01. The van der Waals surface area contributed by atoms with E-state index in [1.807, 2.05) is 0 Å². The van der Waals surface area contributed by atoms with Gasteiger partial charge in [0, 0.05) is 0 Å². The number of nitrogens with one attached hydrogen (secondary N) is 1. The van der Waals surface area contributed by atoms with E-state index >= 15 is 0 Å². The lowest BCUT2D eigenvalue weighted by Crippen LogP contribution is -2.61.